The van der Waals surface area contributed by atoms with Crippen LogP contribution in [-0.2, 0) is 19.0 Å². The van der Waals surface area contributed by atoms with E-state index >= 15 is 0 Å². The van der Waals surface area contributed by atoms with Crippen molar-refractivity contribution in [2.75, 3.05) is 48.0 Å². The average molecular weight is 474 g/mol. The van der Waals surface area contributed by atoms with Gasteiger partial charge in [0.05, 0.1) is 41.4 Å². The summed E-state index contributed by atoms with van der Waals surface area (Å²) in [7, 11) is 6.62. The number of hydrogen-bond donors (Lipinski definition) is 0. The zero-order valence-electron chi connectivity index (χ0n) is 20.7. The van der Waals surface area contributed by atoms with E-state index in [0.717, 1.165) is 12.8 Å². The SMILES string of the molecule is CO[C@@H]1CN(C)C(=O)c2cc(C#N)ccc2OC[C@H]2O[C@@H](CC[C@H]2OC)CCN(C)C(=O)[C@H]1C. The quantitative estimate of drug-likeness (QED) is 0.648. The van der Waals surface area contributed by atoms with Crippen LogP contribution in [0.25, 0.3) is 0 Å². The summed E-state index contributed by atoms with van der Waals surface area (Å²) in [5.74, 6) is -0.434. The molecule has 2 aliphatic heterocycles. The van der Waals surface area contributed by atoms with Gasteiger partial charge in [-0.2, -0.15) is 5.26 Å². The highest BCUT2D eigenvalue weighted by Gasteiger charge is 2.34. The Morgan fingerprint density at radius 3 is 2.47 bits per heavy atom. The van der Waals surface area contributed by atoms with E-state index < -0.39 is 12.0 Å². The maximum absolute atomic E-state index is 13.4. The lowest BCUT2D eigenvalue weighted by Gasteiger charge is -2.37. The van der Waals surface area contributed by atoms with Gasteiger partial charge < -0.3 is 28.7 Å². The van der Waals surface area contributed by atoms with E-state index in [2.05, 4.69) is 6.07 Å². The Balaban J connectivity index is 1.96. The molecule has 9 nitrogen and oxygen atoms in total. The fourth-order valence-electron chi connectivity index (χ4n) is 4.58. The van der Waals surface area contributed by atoms with Crippen molar-refractivity contribution in [2.24, 2.45) is 5.92 Å². The summed E-state index contributed by atoms with van der Waals surface area (Å²) in [4.78, 5) is 29.7. The number of methoxy groups -OCH3 is 2. The Morgan fingerprint density at radius 2 is 1.79 bits per heavy atom. The molecule has 0 aromatic heterocycles. The lowest BCUT2D eigenvalue weighted by Crippen LogP contribution is -2.47. The third-order valence-electron chi connectivity index (χ3n) is 6.81. The van der Waals surface area contributed by atoms with Crippen molar-refractivity contribution in [3.05, 3.63) is 29.3 Å². The largest absolute Gasteiger partial charge is 0.490 e. The summed E-state index contributed by atoms with van der Waals surface area (Å²) in [5.41, 5.74) is 0.636. The molecule has 5 atom stereocenters. The zero-order valence-corrected chi connectivity index (χ0v) is 20.7. The van der Waals surface area contributed by atoms with Crippen molar-refractivity contribution < 1.29 is 28.5 Å². The second-order valence-corrected chi connectivity index (χ2v) is 9.08. The molecule has 2 amide bonds. The molecule has 1 fully saturated rings. The van der Waals surface area contributed by atoms with E-state index in [9.17, 15) is 14.9 Å². The van der Waals surface area contributed by atoms with Gasteiger partial charge in [0.15, 0.2) is 0 Å². The predicted molar refractivity (Wildman–Crippen MR) is 125 cm³/mol. The molecule has 0 spiro atoms. The second kappa shape index (κ2) is 11.6. The summed E-state index contributed by atoms with van der Waals surface area (Å²) in [6, 6.07) is 6.86. The minimum atomic E-state index is -0.488. The van der Waals surface area contributed by atoms with E-state index in [-0.39, 0.29) is 48.8 Å². The molecule has 0 N–H and O–H groups in total. The van der Waals surface area contributed by atoms with Crippen LogP contribution < -0.4 is 4.74 Å². The number of benzene rings is 1. The molecule has 0 radical (unpaired) electrons. The molecule has 1 aromatic rings. The van der Waals surface area contributed by atoms with Gasteiger partial charge in [-0.05, 0) is 37.5 Å². The van der Waals surface area contributed by atoms with Gasteiger partial charge in [-0.15, -0.1) is 0 Å². The highest BCUT2D eigenvalue weighted by Crippen LogP contribution is 2.28. The van der Waals surface area contributed by atoms with Crippen LogP contribution in [0.5, 0.6) is 5.75 Å². The number of nitriles is 1. The number of hydrogen-bond acceptors (Lipinski definition) is 7. The minimum Gasteiger partial charge on any atom is -0.490 e. The van der Waals surface area contributed by atoms with Crippen molar-refractivity contribution in [3.63, 3.8) is 0 Å². The Kier molecular flexibility index (Phi) is 8.89. The van der Waals surface area contributed by atoms with E-state index in [1.165, 1.54) is 18.1 Å². The monoisotopic (exact) mass is 473 g/mol. The summed E-state index contributed by atoms with van der Waals surface area (Å²) in [6.45, 7) is 2.80. The van der Waals surface area contributed by atoms with Crippen LogP contribution in [0.3, 0.4) is 0 Å². The smallest absolute Gasteiger partial charge is 0.257 e. The van der Waals surface area contributed by atoms with Gasteiger partial charge in [0.2, 0.25) is 5.91 Å². The first kappa shape index (κ1) is 25.9. The number of likely N-dealkylation sites (N-methyl/N-ethyl adjacent to an activating group) is 1. The van der Waals surface area contributed by atoms with Crippen molar-refractivity contribution in [2.45, 2.75) is 50.6 Å². The molecular formula is C25H35N3O6. The Labute approximate surface area is 201 Å². The molecule has 186 valence electrons. The fraction of sp³-hybridized carbons (Fsp3) is 0.640. The van der Waals surface area contributed by atoms with Gasteiger partial charge >= 0.3 is 0 Å². The molecular weight excluding hydrogens is 438 g/mol. The highest BCUT2D eigenvalue weighted by molar-refractivity contribution is 5.97. The first-order valence-corrected chi connectivity index (χ1v) is 11.7. The summed E-state index contributed by atoms with van der Waals surface area (Å²) >= 11 is 0. The third kappa shape index (κ3) is 5.87. The molecule has 3 rings (SSSR count). The number of carbonyl (C=O) groups excluding carboxylic acids is 2. The maximum atomic E-state index is 13.4. The molecule has 2 aliphatic rings. The number of amides is 2. The number of ether oxygens (including phenoxy) is 4. The molecule has 2 bridgehead atoms. The van der Waals surface area contributed by atoms with E-state index in [0.29, 0.717) is 24.3 Å². The standard InChI is InChI=1S/C25H35N3O6/c1-16-22(32-5)14-28(3)25(30)19-12-17(13-26)6-8-20(19)33-15-23-21(31-4)9-7-18(34-23)10-11-27(2)24(16)29/h6,8,12,16,18,21-23H,7,9-11,14-15H2,1-5H3/t16-,18-,21+,22+,23+/m0/s1. The molecule has 9 heteroatoms. The maximum Gasteiger partial charge on any atom is 0.257 e. The summed E-state index contributed by atoms with van der Waals surface area (Å²) in [5, 5.41) is 9.36. The van der Waals surface area contributed by atoms with Gasteiger partial charge in [0, 0.05) is 41.4 Å². The van der Waals surface area contributed by atoms with E-state index in [1.54, 1.807) is 38.2 Å². The van der Waals surface area contributed by atoms with Crippen LogP contribution in [-0.4, -0.2) is 94.0 Å². The van der Waals surface area contributed by atoms with Gasteiger partial charge in [0.1, 0.15) is 18.5 Å². The van der Waals surface area contributed by atoms with Gasteiger partial charge in [-0.25, -0.2) is 0 Å². The highest BCUT2D eigenvalue weighted by atomic mass is 16.6. The Bertz CT molecular complexity index is 916. The van der Waals surface area contributed by atoms with Gasteiger partial charge in [0.25, 0.3) is 5.91 Å². The minimum absolute atomic E-state index is 0.0233. The van der Waals surface area contributed by atoms with E-state index in [1.807, 2.05) is 6.92 Å². The number of rotatable bonds is 2. The summed E-state index contributed by atoms with van der Waals surface area (Å²) in [6.07, 6.45) is 1.40. The average Bonchev–Trinajstić information content (AvgIpc) is 2.86. The Morgan fingerprint density at radius 1 is 1.06 bits per heavy atom. The zero-order chi connectivity index (χ0) is 24.8. The molecule has 0 unspecified atom stereocenters. The predicted octanol–water partition coefficient (Wildman–Crippen LogP) is 2.08. The van der Waals surface area contributed by atoms with Gasteiger partial charge in [-0.1, -0.05) is 6.92 Å². The molecule has 1 saturated heterocycles. The molecule has 0 saturated carbocycles. The van der Waals surface area contributed by atoms with Crippen LogP contribution in [0.2, 0.25) is 0 Å². The van der Waals surface area contributed by atoms with Crippen molar-refractivity contribution in [1.82, 2.24) is 9.80 Å². The molecule has 0 aliphatic carbocycles. The van der Waals surface area contributed by atoms with Crippen molar-refractivity contribution in [3.8, 4) is 11.8 Å². The lowest BCUT2D eigenvalue weighted by molar-refractivity contribution is -0.147. The number of carbonyl (C=O) groups is 2. The van der Waals surface area contributed by atoms with Gasteiger partial charge in [-0.3, -0.25) is 9.59 Å². The van der Waals surface area contributed by atoms with Crippen molar-refractivity contribution >= 4 is 11.8 Å². The number of nitrogens with zero attached hydrogens (tertiary/aromatic N) is 3. The van der Waals surface area contributed by atoms with Crippen LogP contribution in [0.4, 0.5) is 0 Å². The summed E-state index contributed by atoms with van der Waals surface area (Å²) < 4.78 is 23.6. The molecule has 1 aromatic carbocycles. The third-order valence-corrected chi connectivity index (χ3v) is 6.81. The normalized spacial score (nSPS) is 29.2. The first-order valence-electron chi connectivity index (χ1n) is 11.7. The molecule has 34 heavy (non-hydrogen) atoms. The van der Waals surface area contributed by atoms with Crippen molar-refractivity contribution in [1.29, 1.82) is 5.26 Å². The fourth-order valence-corrected chi connectivity index (χ4v) is 4.58. The first-order chi connectivity index (χ1) is 16.3. The van der Waals surface area contributed by atoms with Crippen LogP contribution >= 0.6 is 0 Å². The van der Waals surface area contributed by atoms with E-state index in [4.69, 9.17) is 18.9 Å². The number of fused-ring (bicyclic) bond motifs is 3. The van der Waals surface area contributed by atoms with Crippen LogP contribution in [0.1, 0.15) is 42.1 Å². The lowest BCUT2D eigenvalue weighted by atomic mass is 9.98. The topological polar surface area (TPSA) is 101 Å². The second-order valence-electron chi connectivity index (χ2n) is 9.08. The Hall–Kier alpha value is -2.67. The van der Waals surface area contributed by atoms with Crippen LogP contribution in [0.15, 0.2) is 18.2 Å². The van der Waals surface area contributed by atoms with Crippen LogP contribution in [0, 0.1) is 17.2 Å². The molecule has 2 heterocycles.